The van der Waals surface area contributed by atoms with Crippen molar-refractivity contribution < 1.29 is 55.9 Å². The second-order valence-electron chi connectivity index (χ2n) is 8.68. The quantitative estimate of drug-likeness (QED) is 0.0770. The van der Waals surface area contributed by atoms with Gasteiger partial charge in [0.15, 0.2) is 10.8 Å². The van der Waals surface area contributed by atoms with Crippen LogP contribution in [0.4, 0.5) is 9.93 Å². The number of thioether (sulfide) groups is 1. The Morgan fingerprint density at radius 3 is 2.40 bits per heavy atom. The average Bonchev–Trinajstić information content (AvgIpc) is 3.29. The number of hydrogen-bond donors (Lipinski definition) is 3. The van der Waals surface area contributed by atoms with Crippen LogP contribution in [0.15, 0.2) is 21.8 Å². The lowest BCUT2D eigenvalue weighted by Gasteiger charge is -2.49. The number of esters is 1. The highest BCUT2D eigenvalue weighted by molar-refractivity contribution is 8.00. The number of nitrogens with zero attached hydrogens (tertiary/aromatic N) is 3. The molecule has 3 atom stereocenters. The summed E-state index contributed by atoms with van der Waals surface area (Å²) >= 11 is 2.45. The van der Waals surface area contributed by atoms with E-state index in [4.69, 9.17) is 34.1 Å². The summed E-state index contributed by atoms with van der Waals surface area (Å²) in [7, 11) is -0.952. The van der Waals surface area contributed by atoms with E-state index in [0.717, 1.165) is 11.3 Å². The number of carbonyl (C=O) groups excluding carboxylic acids is 4. The maximum Gasteiger partial charge on any atom is 0.511 e. The molecule has 42 heavy (non-hydrogen) atoms. The fourth-order valence-electron chi connectivity index (χ4n) is 3.45. The van der Waals surface area contributed by atoms with Crippen LogP contribution in [0.25, 0.3) is 0 Å². The van der Waals surface area contributed by atoms with E-state index in [2.05, 4.69) is 15.5 Å². The number of ether oxygens (including phenoxy) is 4. The Kier molecular flexibility index (Phi) is 12.5. The maximum absolute atomic E-state index is 13.1. The molecule has 0 bridgehead atoms. The molecular formula is C22H31N5O12S3. The van der Waals surface area contributed by atoms with Gasteiger partial charge in [0, 0.05) is 25.2 Å². The van der Waals surface area contributed by atoms with Crippen LogP contribution in [0.5, 0.6) is 0 Å². The van der Waals surface area contributed by atoms with Crippen molar-refractivity contribution in [3.63, 3.8) is 0 Å². The third-order valence-corrected chi connectivity index (χ3v) is 6.89. The Balaban J connectivity index is 0.00000113. The first-order valence-electron chi connectivity index (χ1n) is 11.9. The first-order chi connectivity index (χ1) is 19.6. The van der Waals surface area contributed by atoms with Crippen LogP contribution < -0.4 is 11.1 Å². The molecule has 3 heterocycles. The lowest BCUT2D eigenvalue weighted by atomic mass is 10.0. The number of oxime groups is 1. The van der Waals surface area contributed by atoms with Gasteiger partial charge in [-0.15, -0.1) is 23.1 Å². The Bertz CT molecular complexity index is 1340. The zero-order valence-electron chi connectivity index (χ0n) is 23.4. The highest BCUT2D eigenvalue weighted by atomic mass is 32.2. The molecule has 0 radical (unpaired) electrons. The monoisotopic (exact) mass is 653 g/mol. The van der Waals surface area contributed by atoms with E-state index < -0.39 is 57.9 Å². The van der Waals surface area contributed by atoms with Gasteiger partial charge in [0.05, 0.1) is 19.0 Å². The van der Waals surface area contributed by atoms with Crippen molar-refractivity contribution in [1.82, 2.24) is 15.2 Å². The molecule has 234 valence electrons. The number of nitrogens with two attached hydrogens (primary N) is 1. The molecule has 2 amide bonds. The van der Waals surface area contributed by atoms with Crippen LogP contribution >= 0.6 is 23.1 Å². The molecule has 1 fully saturated rings. The molecule has 0 saturated carbocycles. The zero-order valence-corrected chi connectivity index (χ0v) is 25.8. The summed E-state index contributed by atoms with van der Waals surface area (Å²) in [6.45, 7) is 4.68. The molecule has 1 aromatic heterocycles. The first-order valence-corrected chi connectivity index (χ1v) is 15.6. The molecule has 1 aromatic rings. The number of rotatable bonds is 10. The van der Waals surface area contributed by atoms with E-state index in [1.807, 2.05) is 0 Å². The van der Waals surface area contributed by atoms with Crippen LogP contribution in [0.2, 0.25) is 0 Å². The fourth-order valence-corrected chi connectivity index (χ4v) is 5.32. The van der Waals surface area contributed by atoms with Gasteiger partial charge in [0.2, 0.25) is 6.29 Å². The van der Waals surface area contributed by atoms with E-state index in [9.17, 15) is 27.6 Å². The summed E-state index contributed by atoms with van der Waals surface area (Å²) in [5.41, 5.74) is 6.15. The van der Waals surface area contributed by atoms with Crippen molar-refractivity contribution in [1.29, 1.82) is 0 Å². The molecule has 0 spiro atoms. The van der Waals surface area contributed by atoms with Crippen molar-refractivity contribution in [3.05, 3.63) is 22.3 Å². The fraction of sp³-hybridized carbons (Fsp3) is 0.545. The van der Waals surface area contributed by atoms with Gasteiger partial charge in [0.25, 0.3) is 21.9 Å². The smallest absolute Gasteiger partial charge is 0.431 e. The average molecular weight is 654 g/mol. The Hall–Kier alpha value is -3.46. The van der Waals surface area contributed by atoms with Crippen molar-refractivity contribution in [2.45, 2.75) is 44.6 Å². The number of anilines is 1. The molecule has 4 N–H and O–H groups in total. The molecule has 1 saturated heterocycles. The Labute approximate surface area is 249 Å². The van der Waals surface area contributed by atoms with E-state index in [-0.39, 0.29) is 28.8 Å². The van der Waals surface area contributed by atoms with E-state index in [1.54, 1.807) is 13.8 Å². The third kappa shape index (κ3) is 9.82. The highest BCUT2D eigenvalue weighted by Gasteiger charge is 2.55. The third-order valence-electron chi connectivity index (χ3n) is 4.88. The van der Waals surface area contributed by atoms with E-state index in [0.29, 0.717) is 17.6 Å². The van der Waals surface area contributed by atoms with Crippen molar-refractivity contribution in [2.75, 3.05) is 38.6 Å². The molecule has 3 rings (SSSR count). The minimum Gasteiger partial charge on any atom is -0.431 e. The van der Waals surface area contributed by atoms with Gasteiger partial charge in [-0.05, 0) is 19.4 Å². The molecule has 2 aliphatic rings. The van der Waals surface area contributed by atoms with Gasteiger partial charge in [0.1, 0.15) is 29.9 Å². The zero-order chi connectivity index (χ0) is 31.8. The van der Waals surface area contributed by atoms with Crippen LogP contribution in [-0.4, -0.2) is 109 Å². The standard InChI is InChI=1S/C21H27N5O9S2.CH4O3S/c1-9(2)33-21(30)35-10(3)34-19(29)15-11(6-31-4)7-36-18-14(17(28)26(15)18)24-16(27)13(25-32-5)12-8-37-20(22)23-12;1-5(2,3)4/h8-10,14,18H,6-7H2,1-5H3,(H2,22,23)(H,24,27);1H3,(H,2,3,4)/t10?,14-,18-;/m1./s1. The van der Waals surface area contributed by atoms with Gasteiger partial charge in [-0.3, -0.25) is 19.0 Å². The van der Waals surface area contributed by atoms with Gasteiger partial charge in [-0.2, -0.15) is 8.42 Å². The topological polar surface area (TPSA) is 235 Å². The molecule has 0 aromatic carbocycles. The first kappa shape index (κ1) is 34.7. The SMILES string of the molecule is COCC1=C(C(=O)OC(C)OC(=O)OC(C)C)N2C(=O)[C@@H](NC(=O)C(=NOC)c3csc(N)n3)[C@H]2SC1.CS(=O)(=O)O. The number of hydrogen-bond acceptors (Lipinski definition) is 16. The molecular weight excluding hydrogens is 622 g/mol. The number of methoxy groups -OCH3 is 1. The summed E-state index contributed by atoms with van der Waals surface area (Å²) in [5.74, 6) is -1.81. The predicted molar refractivity (Wildman–Crippen MR) is 150 cm³/mol. The van der Waals surface area contributed by atoms with Crippen LogP contribution in [0, 0.1) is 0 Å². The summed E-state index contributed by atoms with van der Waals surface area (Å²) in [4.78, 5) is 60.8. The van der Waals surface area contributed by atoms with Crippen LogP contribution in [-0.2, 0) is 48.3 Å². The predicted octanol–water partition coefficient (Wildman–Crippen LogP) is 0.331. The number of fused-ring (bicyclic) bond motifs is 1. The number of thiazole rings is 1. The number of aromatic nitrogens is 1. The summed E-state index contributed by atoms with van der Waals surface area (Å²) < 4.78 is 46.1. The molecule has 17 nitrogen and oxygen atoms in total. The van der Waals surface area contributed by atoms with E-state index in [1.165, 1.54) is 43.2 Å². The van der Waals surface area contributed by atoms with Crippen molar-refractivity contribution in [2.24, 2.45) is 5.16 Å². The minimum atomic E-state index is -3.67. The maximum atomic E-state index is 13.1. The van der Waals surface area contributed by atoms with Gasteiger partial charge in [-0.1, -0.05) is 5.16 Å². The lowest BCUT2D eigenvalue weighted by Crippen LogP contribution is -2.71. The normalized spacial score (nSPS) is 19.1. The molecule has 20 heteroatoms. The molecule has 1 unspecified atom stereocenters. The van der Waals surface area contributed by atoms with Crippen molar-refractivity contribution >= 4 is 68.0 Å². The number of carbonyl (C=O) groups is 4. The molecule has 2 aliphatic heterocycles. The lowest BCUT2D eigenvalue weighted by molar-refractivity contribution is -0.169. The van der Waals surface area contributed by atoms with Gasteiger partial charge in [-0.25, -0.2) is 14.6 Å². The Morgan fingerprint density at radius 1 is 1.24 bits per heavy atom. The van der Waals surface area contributed by atoms with Crippen molar-refractivity contribution in [3.8, 4) is 0 Å². The summed E-state index contributed by atoms with van der Waals surface area (Å²) in [6, 6.07) is -0.961. The number of β-lactam (4-membered cyclic amide) rings is 1. The summed E-state index contributed by atoms with van der Waals surface area (Å²) in [5, 5.41) is 7.49. The van der Waals surface area contributed by atoms with Crippen LogP contribution in [0.1, 0.15) is 26.5 Å². The summed E-state index contributed by atoms with van der Waals surface area (Å²) in [6.07, 6.45) is -1.99. The van der Waals surface area contributed by atoms with Gasteiger partial charge >= 0.3 is 12.1 Å². The van der Waals surface area contributed by atoms with E-state index >= 15 is 0 Å². The number of amides is 2. The second-order valence-corrected chi connectivity index (χ2v) is 12.1. The highest BCUT2D eigenvalue weighted by Crippen LogP contribution is 2.41. The second kappa shape index (κ2) is 15.1. The number of nitrogens with one attached hydrogen (secondary N) is 1. The molecule has 0 aliphatic carbocycles. The minimum absolute atomic E-state index is 0.0353. The largest absolute Gasteiger partial charge is 0.511 e. The Morgan fingerprint density at radius 2 is 1.88 bits per heavy atom. The number of nitrogen functional groups attached to an aromatic ring is 1. The van der Waals surface area contributed by atoms with Crippen LogP contribution in [0.3, 0.4) is 0 Å². The van der Waals surface area contributed by atoms with Gasteiger partial charge < -0.3 is 34.8 Å².